The fourth-order valence-corrected chi connectivity index (χ4v) is 3.86. The molecule has 0 amide bonds. The summed E-state index contributed by atoms with van der Waals surface area (Å²) in [5, 5.41) is 0. The van der Waals surface area contributed by atoms with Crippen LogP contribution in [0, 0.1) is 5.41 Å². The largest absolute Gasteiger partial charge is 0.493 e. The van der Waals surface area contributed by atoms with Crippen molar-refractivity contribution in [3.8, 4) is 11.5 Å². The number of carbonyl (C=O) groups excluding carboxylic acids is 1. The lowest BCUT2D eigenvalue weighted by atomic mass is 9.78. The third-order valence-electron chi connectivity index (χ3n) is 5.13. The van der Waals surface area contributed by atoms with E-state index in [2.05, 4.69) is 17.0 Å². The van der Waals surface area contributed by atoms with E-state index in [0.29, 0.717) is 0 Å². The second-order valence-corrected chi connectivity index (χ2v) is 6.13. The van der Waals surface area contributed by atoms with E-state index in [9.17, 15) is 4.79 Å². The van der Waals surface area contributed by atoms with Crippen LogP contribution in [-0.2, 0) is 11.2 Å². The molecule has 1 atom stereocenters. The van der Waals surface area contributed by atoms with Gasteiger partial charge in [-0.15, -0.1) is 0 Å². The number of hydrogen-bond donors (Lipinski definition) is 0. The van der Waals surface area contributed by atoms with Crippen molar-refractivity contribution in [3.63, 3.8) is 0 Å². The van der Waals surface area contributed by atoms with Crippen molar-refractivity contribution in [2.24, 2.45) is 5.41 Å². The highest BCUT2D eigenvalue weighted by Crippen LogP contribution is 2.61. The minimum Gasteiger partial charge on any atom is -0.493 e. The molecule has 2 aliphatic heterocycles. The van der Waals surface area contributed by atoms with Gasteiger partial charge in [-0.3, -0.25) is 4.79 Å². The average Bonchev–Trinajstić information content (AvgIpc) is 3.30. The van der Waals surface area contributed by atoms with Gasteiger partial charge in [0.15, 0.2) is 17.3 Å². The van der Waals surface area contributed by atoms with E-state index in [1.165, 1.54) is 11.1 Å². The SMILES string of the molecule is COc1cc2c(cc1OC)C1N(C=CC(=O)C13CC3)CC2. The highest BCUT2D eigenvalue weighted by Gasteiger charge is 2.59. The number of ether oxygens (including phenoxy) is 2. The van der Waals surface area contributed by atoms with Gasteiger partial charge in [0.2, 0.25) is 0 Å². The molecule has 0 aromatic heterocycles. The Bertz CT molecular complexity index is 646. The first kappa shape index (κ1) is 12.7. The smallest absolute Gasteiger partial charge is 0.165 e. The number of rotatable bonds is 2. The van der Waals surface area contributed by atoms with Crippen LogP contribution >= 0.6 is 0 Å². The number of hydrogen-bond acceptors (Lipinski definition) is 4. The molecular formula is C17H19NO3. The molecule has 110 valence electrons. The standard InChI is InChI=1S/C17H19NO3/c1-20-13-9-11-3-7-18-8-4-15(19)17(5-6-17)16(18)12(11)10-14(13)21-2/h4,8-10,16H,3,5-7H2,1-2H3. The molecule has 1 aliphatic carbocycles. The number of carbonyl (C=O) groups is 1. The Morgan fingerprint density at radius 2 is 1.90 bits per heavy atom. The summed E-state index contributed by atoms with van der Waals surface area (Å²) in [4.78, 5) is 14.7. The first-order valence-electron chi connectivity index (χ1n) is 7.43. The molecular weight excluding hydrogens is 266 g/mol. The van der Waals surface area contributed by atoms with Crippen LogP contribution in [0.3, 0.4) is 0 Å². The van der Waals surface area contributed by atoms with Crippen molar-refractivity contribution in [2.45, 2.75) is 25.3 Å². The molecule has 1 spiro atoms. The Labute approximate surface area is 124 Å². The maximum Gasteiger partial charge on any atom is 0.165 e. The molecule has 0 saturated heterocycles. The molecule has 2 heterocycles. The van der Waals surface area contributed by atoms with Crippen molar-refractivity contribution in [1.29, 1.82) is 0 Å². The highest BCUT2D eigenvalue weighted by atomic mass is 16.5. The fourth-order valence-electron chi connectivity index (χ4n) is 3.86. The van der Waals surface area contributed by atoms with Gasteiger partial charge >= 0.3 is 0 Å². The monoisotopic (exact) mass is 285 g/mol. The van der Waals surface area contributed by atoms with Crippen LogP contribution in [0.15, 0.2) is 24.4 Å². The zero-order chi connectivity index (χ0) is 14.6. The van der Waals surface area contributed by atoms with Crippen LogP contribution in [0.2, 0.25) is 0 Å². The molecule has 4 heteroatoms. The molecule has 0 N–H and O–H groups in total. The van der Waals surface area contributed by atoms with Gasteiger partial charge in [-0.05, 0) is 48.6 Å². The summed E-state index contributed by atoms with van der Waals surface area (Å²) in [5.74, 6) is 1.80. The van der Waals surface area contributed by atoms with Gasteiger partial charge in [-0.25, -0.2) is 0 Å². The van der Waals surface area contributed by atoms with Crippen LogP contribution in [0.5, 0.6) is 11.5 Å². The second-order valence-electron chi connectivity index (χ2n) is 6.13. The highest BCUT2D eigenvalue weighted by molar-refractivity contribution is 5.98. The topological polar surface area (TPSA) is 38.8 Å². The van der Waals surface area contributed by atoms with Crippen molar-refractivity contribution in [3.05, 3.63) is 35.5 Å². The van der Waals surface area contributed by atoms with Gasteiger partial charge in [0.1, 0.15) is 0 Å². The number of nitrogens with zero attached hydrogens (tertiary/aromatic N) is 1. The third kappa shape index (κ3) is 1.65. The molecule has 1 aromatic carbocycles. The summed E-state index contributed by atoms with van der Waals surface area (Å²) >= 11 is 0. The molecule has 3 aliphatic rings. The first-order chi connectivity index (χ1) is 10.2. The molecule has 1 aromatic rings. The van der Waals surface area contributed by atoms with Gasteiger partial charge in [0.05, 0.1) is 25.7 Å². The number of ketones is 1. The zero-order valence-electron chi connectivity index (χ0n) is 12.4. The number of allylic oxidation sites excluding steroid dienone is 1. The normalized spacial score (nSPS) is 24.6. The van der Waals surface area contributed by atoms with Crippen LogP contribution < -0.4 is 9.47 Å². The maximum absolute atomic E-state index is 12.4. The van der Waals surface area contributed by atoms with Gasteiger partial charge in [-0.2, -0.15) is 0 Å². The summed E-state index contributed by atoms with van der Waals surface area (Å²) in [6.07, 6.45) is 6.68. The number of methoxy groups -OCH3 is 2. The lowest BCUT2D eigenvalue weighted by Gasteiger charge is -2.43. The molecule has 4 nitrogen and oxygen atoms in total. The minimum absolute atomic E-state index is 0.165. The summed E-state index contributed by atoms with van der Waals surface area (Å²) < 4.78 is 10.9. The van der Waals surface area contributed by atoms with E-state index in [1.54, 1.807) is 20.3 Å². The van der Waals surface area contributed by atoms with Gasteiger partial charge in [0, 0.05) is 12.7 Å². The van der Waals surface area contributed by atoms with E-state index >= 15 is 0 Å². The molecule has 4 rings (SSSR count). The lowest BCUT2D eigenvalue weighted by Crippen LogP contribution is -2.42. The minimum atomic E-state index is -0.191. The van der Waals surface area contributed by atoms with E-state index in [0.717, 1.165) is 37.3 Å². The zero-order valence-corrected chi connectivity index (χ0v) is 12.4. The van der Waals surface area contributed by atoms with Gasteiger partial charge in [0.25, 0.3) is 0 Å². The Morgan fingerprint density at radius 3 is 2.57 bits per heavy atom. The second kappa shape index (κ2) is 4.26. The predicted molar refractivity (Wildman–Crippen MR) is 78.5 cm³/mol. The Balaban J connectivity index is 1.87. The molecule has 0 bridgehead atoms. The van der Waals surface area contributed by atoms with Crippen LogP contribution in [0.1, 0.15) is 30.0 Å². The third-order valence-corrected chi connectivity index (χ3v) is 5.13. The molecule has 21 heavy (non-hydrogen) atoms. The lowest BCUT2D eigenvalue weighted by molar-refractivity contribution is -0.123. The van der Waals surface area contributed by atoms with Gasteiger partial charge < -0.3 is 14.4 Å². The molecule has 1 saturated carbocycles. The number of benzene rings is 1. The van der Waals surface area contributed by atoms with Crippen molar-refractivity contribution < 1.29 is 14.3 Å². The Hall–Kier alpha value is -1.97. The average molecular weight is 285 g/mol. The first-order valence-corrected chi connectivity index (χ1v) is 7.43. The Morgan fingerprint density at radius 1 is 1.19 bits per heavy atom. The number of fused-ring (bicyclic) bond motifs is 4. The van der Waals surface area contributed by atoms with Crippen molar-refractivity contribution >= 4 is 5.78 Å². The molecule has 1 fully saturated rings. The van der Waals surface area contributed by atoms with Crippen LogP contribution in [0.25, 0.3) is 0 Å². The summed E-state index contributed by atoms with van der Waals surface area (Å²) in [6.45, 7) is 0.957. The summed E-state index contributed by atoms with van der Waals surface area (Å²) in [7, 11) is 3.32. The van der Waals surface area contributed by atoms with Crippen molar-refractivity contribution in [1.82, 2.24) is 4.90 Å². The summed E-state index contributed by atoms with van der Waals surface area (Å²) in [5.41, 5.74) is 2.32. The maximum atomic E-state index is 12.4. The van der Waals surface area contributed by atoms with Crippen molar-refractivity contribution in [2.75, 3.05) is 20.8 Å². The quantitative estimate of drug-likeness (QED) is 0.837. The van der Waals surface area contributed by atoms with Crippen LogP contribution in [0.4, 0.5) is 0 Å². The fraction of sp³-hybridized carbons (Fsp3) is 0.471. The van der Waals surface area contributed by atoms with E-state index in [4.69, 9.17) is 9.47 Å². The predicted octanol–water partition coefficient (Wildman–Crippen LogP) is 2.48. The molecule has 0 radical (unpaired) electrons. The Kier molecular flexibility index (Phi) is 2.59. The van der Waals surface area contributed by atoms with Gasteiger partial charge in [-0.1, -0.05) is 0 Å². The molecule has 1 unspecified atom stereocenters. The van der Waals surface area contributed by atoms with Crippen LogP contribution in [-0.4, -0.2) is 31.4 Å². The van der Waals surface area contributed by atoms with E-state index < -0.39 is 0 Å². The summed E-state index contributed by atoms with van der Waals surface area (Å²) in [6, 6.07) is 4.31. The van der Waals surface area contributed by atoms with E-state index in [-0.39, 0.29) is 17.2 Å². The van der Waals surface area contributed by atoms with E-state index in [1.807, 2.05) is 6.20 Å².